The van der Waals surface area contributed by atoms with Crippen molar-refractivity contribution in [2.24, 2.45) is 11.8 Å². The van der Waals surface area contributed by atoms with Crippen LogP contribution in [0, 0.1) is 11.8 Å². The molecule has 0 bridgehead atoms. The van der Waals surface area contributed by atoms with E-state index >= 15 is 0 Å². The standard InChI is InChI=1S/C8H16O/c1-3-7-5-8(7)6-9-4-2/h7-8H,3-6H2,1-2H3/t7-,8+/m1/s1. The summed E-state index contributed by atoms with van der Waals surface area (Å²) >= 11 is 0. The maximum Gasteiger partial charge on any atom is 0.0496 e. The molecule has 9 heavy (non-hydrogen) atoms. The first-order valence-electron chi connectivity index (χ1n) is 3.96. The Morgan fingerprint density at radius 3 is 2.56 bits per heavy atom. The highest BCUT2D eigenvalue weighted by atomic mass is 16.5. The first-order valence-corrected chi connectivity index (χ1v) is 3.96. The molecule has 1 nitrogen and oxygen atoms in total. The van der Waals surface area contributed by atoms with E-state index < -0.39 is 0 Å². The molecule has 1 aliphatic rings. The fourth-order valence-electron chi connectivity index (χ4n) is 1.28. The molecule has 1 fully saturated rings. The monoisotopic (exact) mass is 128 g/mol. The molecule has 1 rings (SSSR count). The quantitative estimate of drug-likeness (QED) is 0.563. The van der Waals surface area contributed by atoms with Crippen molar-refractivity contribution in [3.8, 4) is 0 Å². The topological polar surface area (TPSA) is 9.23 Å². The van der Waals surface area contributed by atoms with Gasteiger partial charge in [0, 0.05) is 13.2 Å². The molecule has 0 saturated heterocycles. The molecule has 0 heterocycles. The summed E-state index contributed by atoms with van der Waals surface area (Å²) in [5, 5.41) is 0. The van der Waals surface area contributed by atoms with Crippen molar-refractivity contribution in [3.05, 3.63) is 0 Å². The van der Waals surface area contributed by atoms with Crippen LogP contribution >= 0.6 is 0 Å². The van der Waals surface area contributed by atoms with E-state index in [9.17, 15) is 0 Å². The van der Waals surface area contributed by atoms with Gasteiger partial charge >= 0.3 is 0 Å². The molecule has 2 atom stereocenters. The summed E-state index contributed by atoms with van der Waals surface area (Å²) in [7, 11) is 0. The molecule has 0 aliphatic heterocycles. The second-order valence-corrected chi connectivity index (χ2v) is 2.82. The molecule has 0 unspecified atom stereocenters. The zero-order chi connectivity index (χ0) is 6.69. The van der Waals surface area contributed by atoms with Gasteiger partial charge in [0.05, 0.1) is 0 Å². The van der Waals surface area contributed by atoms with Crippen molar-refractivity contribution in [1.82, 2.24) is 0 Å². The Labute approximate surface area is 57.4 Å². The van der Waals surface area contributed by atoms with Crippen LogP contribution in [0.3, 0.4) is 0 Å². The summed E-state index contributed by atoms with van der Waals surface area (Å²) < 4.78 is 5.29. The van der Waals surface area contributed by atoms with E-state index in [0.717, 1.165) is 25.0 Å². The van der Waals surface area contributed by atoms with Gasteiger partial charge < -0.3 is 4.74 Å². The van der Waals surface area contributed by atoms with Crippen LogP contribution in [0.15, 0.2) is 0 Å². The molecule has 54 valence electrons. The fraction of sp³-hybridized carbons (Fsp3) is 1.00. The lowest BCUT2D eigenvalue weighted by molar-refractivity contribution is 0.133. The predicted octanol–water partition coefficient (Wildman–Crippen LogP) is 2.07. The van der Waals surface area contributed by atoms with Crippen molar-refractivity contribution in [2.75, 3.05) is 13.2 Å². The molecular weight excluding hydrogens is 112 g/mol. The van der Waals surface area contributed by atoms with Crippen LogP contribution in [-0.2, 0) is 4.74 Å². The van der Waals surface area contributed by atoms with Gasteiger partial charge in [0.15, 0.2) is 0 Å². The molecule has 0 aromatic carbocycles. The zero-order valence-corrected chi connectivity index (χ0v) is 6.39. The zero-order valence-electron chi connectivity index (χ0n) is 6.39. The molecule has 0 N–H and O–H groups in total. The lowest BCUT2D eigenvalue weighted by atomic mass is 10.3. The maximum absolute atomic E-state index is 5.29. The van der Waals surface area contributed by atoms with Gasteiger partial charge in [-0.25, -0.2) is 0 Å². The minimum atomic E-state index is 0.882. The van der Waals surface area contributed by atoms with Gasteiger partial charge in [-0.3, -0.25) is 0 Å². The van der Waals surface area contributed by atoms with Gasteiger partial charge in [-0.15, -0.1) is 0 Å². The van der Waals surface area contributed by atoms with E-state index in [1.807, 2.05) is 0 Å². The van der Waals surface area contributed by atoms with Crippen molar-refractivity contribution < 1.29 is 4.74 Å². The van der Waals surface area contributed by atoms with Crippen LogP contribution in [0.4, 0.5) is 0 Å². The van der Waals surface area contributed by atoms with Crippen LogP contribution in [0.1, 0.15) is 26.7 Å². The summed E-state index contributed by atoms with van der Waals surface area (Å²) in [6, 6.07) is 0. The maximum atomic E-state index is 5.29. The Morgan fingerprint density at radius 2 is 2.11 bits per heavy atom. The smallest absolute Gasteiger partial charge is 0.0496 e. The second-order valence-electron chi connectivity index (χ2n) is 2.82. The van der Waals surface area contributed by atoms with Crippen LogP contribution in [-0.4, -0.2) is 13.2 Å². The third-order valence-corrected chi connectivity index (χ3v) is 2.13. The van der Waals surface area contributed by atoms with Crippen LogP contribution in [0.2, 0.25) is 0 Å². The van der Waals surface area contributed by atoms with Gasteiger partial charge in [0.1, 0.15) is 0 Å². The van der Waals surface area contributed by atoms with Gasteiger partial charge in [-0.1, -0.05) is 13.3 Å². The Balaban J connectivity index is 1.92. The molecule has 1 heteroatoms. The van der Waals surface area contributed by atoms with Crippen molar-refractivity contribution >= 4 is 0 Å². The number of rotatable bonds is 4. The Hall–Kier alpha value is -0.0400. The van der Waals surface area contributed by atoms with Crippen molar-refractivity contribution in [3.63, 3.8) is 0 Å². The van der Waals surface area contributed by atoms with Gasteiger partial charge in [0.2, 0.25) is 0 Å². The Kier molecular flexibility index (Phi) is 2.52. The van der Waals surface area contributed by atoms with Crippen LogP contribution in [0.25, 0.3) is 0 Å². The summed E-state index contributed by atoms with van der Waals surface area (Å²) in [5.41, 5.74) is 0. The highest BCUT2D eigenvalue weighted by molar-refractivity contribution is 4.84. The summed E-state index contributed by atoms with van der Waals surface area (Å²) in [5.74, 6) is 1.91. The normalized spacial score (nSPS) is 32.7. The first kappa shape index (κ1) is 7.07. The van der Waals surface area contributed by atoms with E-state index in [1.54, 1.807) is 0 Å². The highest BCUT2D eigenvalue weighted by Crippen LogP contribution is 2.40. The van der Waals surface area contributed by atoms with Crippen molar-refractivity contribution in [1.29, 1.82) is 0 Å². The van der Waals surface area contributed by atoms with E-state index in [-0.39, 0.29) is 0 Å². The van der Waals surface area contributed by atoms with Crippen molar-refractivity contribution in [2.45, 2.75) is 26.7 Å². The van der Waals surface area contributed by atoms with E-state index in [1.165, 1.54) is 12.8 Å². The molecule has 0 radical (unpaired) electrons. The number of hydrogen-bond donors (Lipinski definition) is 0. The molecule has 0 aromatic heterocycles. The first-order chi connectivity index (χ1) is 4.38. The predicted molar refractivity (Wildman–Crippen MR) is 38.4 cm³/mol. The highest BCUT2D eigenvalue weighted by Gasteiger charge is 2.34. The lowest BCUT2D eigenvalue weighted by Gasteiger charge is -1.96. The molecule has 1 aliphatic carbocycles. The van der Waals surface area contributed by atoms with E-state index in [0.29, 0.717) is 0 Å². The Bertz CT molecular complexity index is 80.6. The lowest BCUT2D eigenvalue weighted by Crippen LogP contribution is -1.96. The molecule has 0 amide bonds. The Morgan fingerprint density at radius 1 is 1.33 bits per heavy atom. The average Bonchev–Trinajstić information content (AvgIpc) is 2.62. The number of ether oxygens (including phenoxy) is 1. The molecule has 0 aromatic rings. The van der Waals surface area contributed by atoms with Gasteiger partial charge in [-0.05, 0) is 25.2 Å². The van der Waals surface area contributed by atoms with E-state index in [4.69, 9.17) is 4.74 Å². The minimum Gasteiger partial charge on any atom is -0.381 e. The summed E-state index contributed by atoms with van der Waals surface area (Å²) in [4.78, 5) is 0. The van der Waals surface area contributed by atoms with E-state index in [2.05, 4.69) is 13.8 Å². The van der Waals surface area contributed by atoms with Gasteiger partial charge in [0.25, 0.3) is 0 Å². The molecule has 1 saturated carbocycles. The summed E-state index contributed by atoms with van der Waals surface area (Å²) in [6.07, 6.45) is 2.76. The SMILES string of the molecule is CCOC[C@@H]1C[C@H]1CC. The third kappa shape index (κ3) is 1.98. The third-order valence-electron chi connectivity index (χ3n) is 2.13. The second kappa shape index (κ2) is 3.21. The molecular formula is C8H16O. The minimum absolute atomic E-state index is 0.882. The largest absolute Gasteiger partial charge is 0.381 e. The number of hydrogen-bond acceptors (Lipinski definition) is 1. The van der Waals surface area contributed by atoms with Crippen LogP contribution in [0.5, 0.6) is 0 Å². The van der Waals surface area contributed by atoms with Gasteiger partial charge in [-0.2, -0.15) is 0 Å². The molecule has 0 spiro atoms. The average molecular weight is 128 g/mol. The summed E-state index contributed by atoms with van der Waals surface area (Å²) in [6.45, 7) is 6.21. The van der Waals surface area contributed by atoms with Crippen LogP contribution < -0.4 is 0 Å². The fourth-order valence-corrected chi connectivity index (χ4v) is 1.28.